The maximum atomic E-state index is 12.4. The van der Waals surface area contributed by atoms with Gasteiger partial charge in [-0.25, -0.2) is 12.7 Å². The van der Waals surface area contributed by atoms with Gasteiger partial charge in [0.15, 0.2) is 0 Å². The molecule has 0 aromatic carbocycles. The second-order valence-corrected chi connectivity index (χ2v) is 7.71. The van der Waals surface area contributed by atoms with Crippen molar-refractivity contribution in [2.45, 2.75) is 18.7 Å². The van der Waals surface area contributed by atoms with E-state index < -0.39 is 15.9 Å². The first-order valence-corrected chi connectivity index (χ1v) is 7.58. The Hall–Kier alpha value is -1.38. The van der Waals surface area contributed by atoms with Crippen LogP contribution in [0.25, 0.3) is 0 Å². The van der Waals surface area contributed by atoms with Crippen LogP contribution in [0, 0.1) is 5.41 Å². The van der Waals surface area contributed by atoms with Gasteiger partial charge in [0.1, 0.15) is 10.6 Å². The molecule has 1 aromatic heterocycles. The minimum absolute atomic E-state index is 0.0455. The van der Waals surface area contributed by atoms with Crippen LogP contribution in [0.3, 0.4) is 0 Å². The van der Waals surface area contributed by atoms with Crippen LogP contribution in [-0.4, -0.2) is 43.3 Å². The SMILES string of the molecule is CN(CC(C)(C)CN)S(=O)(=O)c1cc(C(N)=O)n(C)c1. The van der Waals surface area contributed by atoms with Crippen molar-refractivity contribution in [2.24, 2.45) is 23.9 Å². The lowest BCUT2D eigenvalue weighted by atomic mass is 9.94. The van der Waals surface area contributed by atoms with Gasteiger partial charge in [-0.05, 0) is 18.0 Å². The molecule has 0 aliphatic carbocycles. The van der Waals surface area contributed by atoms with Crippen LogP contribution in [0.5, 0.6) is 0 Å². The molecule has 0 atom stereocenters. The number of aromatic nitrogens is 1. The maximum Gasteiger partial charge on any atom is 0.265 e. The van der Waals surface area contributed by atoms with E-state index >= 15 is 0 Å². The fourth-order valence-electron chi connectivity index (χ4n) is 1.85. The molecule has 0 bridgehead atoms. The van der Waals surface area contributed by atoms with Crippen LogP contribution in [0.2, 0.25) is 0 Å². The molecule has 0 unspecified atom stereocenters. The van der Waals surface area contributed by atoms with Crippen LogP contribution in [0.4, 0.5) is 0 Å². The third-order valence-corrected chi connectivity index (χ3v) is 4.91. The largest absolute Gasteiger partial charge is 0.364 e. The number of primary amides is 1. The number of nitrogens with zero attached hydrogens (tertiary/aromatic N) is 2. The van der Waals surface area contributed by atoms with Crippen molar-refractivity contribution >= 4 is 15.9 Å². The Morgan fingerprint density at radius 1 is 1.45 bits per heavy atom. The molecule has 1 amide bonds. The number of amides is 1. The smallest absolute Gasteiger partial charge is 0.265 e. The topological polar surface area (TPSA) is 111 Å². The highest BCUT2D eigenvalue weighted by Gasteiger charge is 2.28. The Labute approximate surface area is 119 Å². The van der Waals surface area contributed by atoms with Crippen LogP contribution in [-0.2, 0) is 17.1 Å². The van der Waals surface area contributed by atoms with Crippen molar-refractivity contribution < 1.29 is 13.2 Å². The molecule has 0 aliphatic rings. The average Bonchev–Trinajstić information content (AvgIpc) is 2.71. The third kappa shape index (κ3) is 3.38. The summed E-state index contributed by atoms with van der Waals surface area (Å²) in [5, 5.41) is 0. The molecule has 1 rings (SSSR count). The molecule has 0 fully saturated rings. The number of hydrogen-bond donors (Lipinski definition) is 2. The Morgan fingerprint density at radius 3 is 2.40 bits per heavy atom. The molecule has 7 nitrogen and oxygen atoms in total. The molecule has 8 heteroatoms. The third-order valence-electron chi connectivity index (χ3n) is 3.14. The first-order chi connectivity index (χ1) is 9.01. The maximum absolute atomic E-state index is 12.4. The van der Waals surface area contributed by atoms with Crippen molar-refractivity contribution in [3.8, 4) is 0 Å². The molecule has 0 saturated heterocycles. The number of carbonyl (C=O) groups excluding carboxylic acids is 1. The molecule has 0 saturated carbocycles. The predicted molar refractivity (Wildman–Crippen MR) is 76.6 cm³/mol. The number of nitrogens with two attached hydrogens (primary N) is 2. The summed E-state index contributed by atoms with van der Waals surface area (Å²) in [7, 11) is -0.606. The first-order valence-electron chi connectivity index (χ1n) is 6.14. The van der Waals surface area contributed by atoms with Gasteiger partial charge in [-0.15, -0.1) is 0 Å². The van der Waals surface area contributed by atoms with Gasteiger partial charge < -0.3 is 16.0 Å². The number of sulfonamides is 1. The second-order valence-electron chi connectivity index (χ2n) is 5.67. The second kappa shape index (κ2) is 5.55. The summed E-state index contributed by atoms with van der Waals surface area (Å²) in [6, 6.07) is 1.28. The highest BCUT2D eigenvalue weighted by atomic mass is 32.2. The van der Waals surface area contributed by atoms with Crippen LogP contribution < -0.4 is 11.5 Å². The minimum atomic E-state index is -3.67. The van der Waals surface area contributed by atoms with E-state index in [-0.39, 0.29) is 22.5 Å². The summed E-state index contributed by atoms with van der Waals surface area (Å²) in [4.78, 5) is 11.2. The summed E-state index contributed by atoms with van der Waals surface area (Å²) < 4.78 is 27.5. The van der Waals surface area contributed by atoms with Gasteiger partial charge in [-0.3, -0.25) is 4.79 Å². The number of aryl methyl sites for hydroxylation is 1. The highest BCUT2D eigenvalue weighted by molar-refractivity contribution is 7.89. The summed E-state index contributed by atoms with van der Waals surface area (Å²) in [5.41, 5.74) is 10.6. The van der Waals surface area contributed by atoms with Gasteiger partial charge in [0.2, 0.25) is 10.0 Å². The minimum Gasteiger partial charge on any atom is -0.364 e. The van der Waals surface area contributed by atoms with E-state index in [0.717, 1.165) is 0 Å². The van der Waals surface area contributed by atoms with Gasteiger partial charge in [-0.1, -0.05) is 13.8 Å². The first kappa shape index (κ1) is 16.7. The highest BCUT2D eigenvalue weighted by Crippen LogP contribution is 2.21. The number of rotatable bonds is 6. The molecule has 0 aliphatic heterocycles. The Balaban J connectivity index is 3.11. The molecule has 4 N–H and O–H groups in total. The molecule has 1 heterocycles. The number of carbonyl (C=O) groups is 1. The molecule has 0 radical (unpaired) electrons. The average molecular weight is 302 g/mol. The summed E-state index contributed by atoms with van der Waals surface area (Å²) in [6.45, 7) is 4.43. The van der Waals surface area contributed by atoms with Crippen molar-refractivity contribution in [3.63, 3.8) is 0 Å². The van der Waals surface area contributed by atoms with Gasteiger partial charge in [0.25, 0.3) is 5.91 Å². The summed E-state index contributed by atoms with van der Waals surface area (Å²) in [5.74, 6) is -0.668. The Morgan fingerprint density at radius 2 is 2.00 bits per heavy atom. The van der Waals surface area contributed by atoms with E-state index in [1.54, 1.807) is 7.05 Å². The zero-order valence-electron chi connectivity index (χ0n) is 12.3. The van der Waals surface area contributed by atoms with Crippen molar-refractivity contribution in [3.05, 3.63) is 18.0 Å². The van der Waals surface area contributed by atoms with Gasteiger partial charge >= 0.3 is 0 Å². The normalized spacial score (nSPS) is 12.9. The monoisotopic (exact) mass is 302 g/mol. The lowest BCUT2D eigenvalue weighted by Gasteiger charge is -2.28. The van der Waals surface area contributed by atoms with Crippen molar-refractivity contribution in [1.29, 1.82) is 0 Å². The van der Waals surface area contributed by atoms with Gasteiger partial charge in [-0.2, -0.15) is 0 Å². The standard InChI is InChI=1S/C12H22N4O3S/c1-12(2,7-13)8-16(4)20(18,19)9-5-10(11(14)17)15(3)6-9/h5-6H,7-8,13H2,1-4H3,(H2,14,17). The van der Waals surface area contributed by atoms with E-state index in [1.807, 2.05) is 13.8 Å². The Kier molecular flexibility index (Phi) is 4.62. The van der Waals surface area contributed by atoms with E-state index in [4.69, 9.17) is 11.5 Å². The Bertz CT molecular complexity index is 604. The van der Waals surface area contributed by atoms with Crippen LogP contribution in [0.15, 0.2) is 17.2 Å². The quantitative estimate of drug-likeness (QED) is 0.753. The lowest BCUT2D eigenvalue weighted by molar-refractivity contribution is 0.0992. The van der Waals surface area contributed by atoms with Gasteiger partial charge in [0, 0.05) is 26.8 Å². The van der Waals surface area contributed by atoms with E-state index in [1.165, 1.54) is 28.2 Å². The van der Waals surface area contributed by atoms with Crippen LogP contribution >= 0.6 is 0 Å². The molecule has 20 heavy (non-hydrogen) atoms. The summed E-state index contributed by atoms with van der Waals surface area (Å²) >= 11 is 0. The number of hydrogen-bond acceptors (Lipinski definition) is 4. The predicted octanol–water partition coefficient (Wildman–Crippen LogP) is -0.271. The molecular formula is C12H22N4O3S. The zero-order valence-corrected chi connectivity index (χ0v) is 13.1. The molecule has 0 spiro atoms. The molecular weight excluding hydrogens is 280 g/mol. The fourth-order valence-corrected chi connectivity index (χ4v) is 3.28. The van der Waals surface area contributed by atoms with Crippen molar-refractivity contribution in [2.75, 3.05) is 20.1 Å². The van der Waals surface area contributed by atoms with Crippen molar-refractivity contribution in [1.82, 2.24) is 8.87 Å². The fraction of sp³-hybridized carbons (Fsp3) is 0.583. The zero-order chi connectivity index (χ0) is 15.7. The van der Waals surface area contributed by atoms with E-state index in [9.17, 15) is 13.2 Å². The lowest BCUT2D eigenvalue weighted by Crippen LogP contribution is -2.39. The molecule has 114 valence electrons. The van der Waals surface area contributed by atoms with E-state index in [2.05, 4.69) is 0 Å². The van der Waals surface area contributed by atoms with E-state index in [0.29, 0.717) is 6.54 Å². The summed E-state index contributed by atoms with van der Waals surface area (Å²) in [6.07, 6.45) is 1.38. The van der Waals surface area contributed by atoms with Crippen LogP contribution in [0.1, 0.15) is 24.3 Å². The molecule has 1 aromatic rings. The van der Waals surface area contributed by atoms with Gasteiger partial charge in [0.05, 0.1) is 0 Å².